The van der Waals surface area contributed by atoms with E-state index in [0.717, 1.165) is 17.0 Å². The van der Waals surface area contributed by atoms with Crippen LogP contribution in [0.5, 0.6) is 5.75 Å². The lowest BCUT2D eigenvalue weighted by Crippen LogP contribution is -2.39. The molecule has 1 aromatic carbocycles. The highest BCUT2D eigenvalue weighted by atomic mass is 16.5. The first kappa shape index (κ1) is 12.9. The highest BCUT2D eigenvalue weighted by Crippen LogP contribution is 2.39. The molecule has 0 saturated carbocycles. The molecule has 0 bridgehead atoms. The Morgan fingerprint density at radius 3 is 2.72 bits per heavy atom. The van der Waals surface area contributed by atoms with Crippen molar-refractivity contribution in [3.63, 3.8) is 0 Å². The molecule has 0 radical (unpaired) electrons. The molecule has 18 heavy (non-hydrogen) atoms. The maximum Gasteiger partial charge on any atom is 0.265 e. The second-order valence-corrected chi connectivity index (χ2v) is 5.61. The average Bonchev–Trinajstić information content (AvgIpc) is 2.28. The normalized spacial score (nSPS) is 18.9. The van der Waals surface area contributed by atoms with E-state index in [-0.39, 0.29) is 11.3 Å². The van der Waals surface area contributed by atoms with E-state index >= 15 is 0 Å². The highest BCUT2D eigenvalue weighted by Gasteiger charge is 2.31. The fourth-order valence-corrected chi connectivity index (χ4v) is 2.10. The van der Waals surface area contributed by atoms with Crippen molar-refractivity contribution in [3.8, 4) is 5.75 Å². The molecule has 1 unspecified atom stereocenters. The van der Waals surface area contributed by atoms with Gasteiger partial charge in [0.05, 0.1) is 5.69 Å². The smallest absolute Gasteiger partial charge is 0.265 e. The number of rotatable bonds is 2. The number of para-hydroxylation sites is 1. The van der Waals surface area contributed by atoms with Gasteiger partial charge in [-0.05, 0) is 18.0 Å². The van der Waals surface area contributed by atoms with Gasteiger partial charge in [-0.3, -0.25) is 4.79 Å². The summed E-state index contributed by atoms with van der Waals surface area (Å²) < 4.78 is 5.85. The van der Waals surface area contributed by atoms with Gasteiger partial charge in [0.25, 0.3) is 5.91 Å². The molecular weight excluding hydrogens is 228 g/mol. The number of amides is 1. The van der Waals surface area contributed by atoms with Crippen molar-refractivity contribution in [1.82, 2.24) is 0 Å². The number of nitrogens with one attached hydrogen (secondary N) is 1. The molecule has 1 atom stereocenters. The topological polar surface area (TPSA) is 64.3 Å². The molecule has 3 N–H and O–H groups in total. The minimum absolute atomic E-state index is 0.0271. The molecule has 1 aliphatic heterocycles. The minimum Gasteiger partial charge on any atom is -0.478 e. The predicted molar refractivity (Wildman–Crippen MR) is 71.9 cm³/mol. The van der Waals surface area contributed by atoms with Crippen molar-refractivity contribution in [2.24, 2.45) is 5.73 Å². The first-order valence-electron chi connectivity index (χ1n) is 6.24. The number of ether oxygens (including phenoxy) is 1. The standard InChI is InChI=1S/C14H20N2O2/c1-14(2,3)9-5-4-6-10-12(9)18-11(7-8-15)13(17)16-10/h4-6,11H,7-8,15H2,1-3H3,(H,16,17). The van der Waals surface area contributed by atoms with Gasteiger partial charge in [0.2, 0.25) is 0 Å². The molecule has 0 spiro atoms. The molecule has 2 rings (SSSR count). The van der Waals surface area contributed by atoms with E-state index in [1.807, 2.05) is 18.2 Å². The fourth-order valence-electron chi connectivity index (χ4n) is 2.10. The van der Waals surface area contributed by atoms with Crippen LogP contribution in [0.3, 0.4) is 0 Å². The summed E-state index contributed by atoms with van der Waals surface area (Å²) in [6.07, 6.45) is 0.0509. The Labute approximate surface area is 108 Å². The SMILES string of the molecule is CC(C)(C)c1cccc2c1OC(CCN)C(=O)N2. The Bertz CT molecular complexity index is 463. The first-order valence-corrected chi connectivity index (χ1v) is 6.24. The number of carbonyl (C=O) groups is 1. The lowest BCUT2D eigenvalue weighted by atomic mass is 9.85. The summed E-state index contributed by atoms with van der Waals surface area (Å²) in [5, 5.41) is 2.89. The third-order valence-corrected chi connectivity index (χ3v) is 3.06. The molecular formula is C14H20N2O2. The quantitative estimate of drug-likeness (QED) is 0.841. The van der Waals surface area contributed by atoms with Crippen molar-refractivity contribution in [2.75, 3.05) is 11.9 Å². The lowest BCUT2D eigenvalue weighted by molar-refractivity contribution is -0.123. The number of hydrogen-bond acceptors (Lipinski definition) is 3. The van der Waals surface area contributed by atoms with Gasteiger partial charge in [-0.15, -0.1) is 0 Å². The number of anilines is 1. The van der Waals surface area contributed by atoms with Gasteiger partial charge in [-0.1, -0.05) is 32.9 Å². The van der Waals surface area contributed by atoms with Crippen LogP contribution in [0.4, 0.5) is 5.69 Å². The van der Waals surface area contributed by atoms with Crippen LogP contribution >= 0.6 is 0 Å². The Balaban J connectivity index is 2.41. The molecule has 0 saturated heterocycles. The fraction of sp³-hybridized carbons (Fsp3) is 0.500. The summed E-state index contributed by atoms with van der Waals surface area (Å²) in [7, 11) is 0. The number of fused-ring (bicyclic) bond motifs is 1. The van der Waals surface area contributed by atoms with Gasteiger partial charge in [0.1, 0.15) is 5.75 Å². The van der Waals surface area contributed by atoms with E-state index in [2.05, 4.69) is 26.1 Å². The van der Waals surface area contributed by atoms with Crippen molar-refractivity contribution in [2.45, 2.75) is 38.7 Å². The molecule has 4 heteroatoms. The summed E-state index contributed by atoms with van der Waals surface area (Å²) in [5.74, 6) is 0.669. The maximum atomic E-state index is 11.8. The highest BCUT2D eigenvalue weighted by molar-refractivity contribution is 5.98. The molecule has 0 aliphatic carbocycles. The van der Waals surface area contributed by atoms with Gasteiger partial charge in [-0.2, -0.15) is 0 Å². The van der Waals surface area contributed by atoms with Gasteiger partial charge in [0.15, 0.2) is 6.10 Å². The zero-order chi connectivity index (χ0) is 13.3. The maximum absolute atomic E-state index is 11.8. The zero-order valence-electron chi connectivity index (χ0n) is 11.1. The predicted octanol–water partition coefficient (Wildman–Crippen LogP) is 2.03. The van der Waals surface area contributed by atoms with Crippen LogP contribution < -0.4 is 15.8 Å². The van der Waals surface area contributed by atoms with E-state index in [4.69, 9.17) is 10.5 Å². The largest absolute Gasteiger partial charge is 0.478 e. The molecule has 1 aliphatic rings. The Hall–Kier alpha value is -1.55. The molecule has 0 fully saturated rings. The van der Waals surface area contributed by atoms with Gasteiger partial charge in [0, 0.05) is 12.0 Å². The Kier molecular flexibility index (Phi) is 3.30. The molecule has 1 heterocycles. The van der Waals surface area contributed by atoms with Crippen LogP contribution in [-0.2, 0) is 10.2 Å². The summed E-state index contributed by atoms with van der Waals surface area (Å²) in [6, 6.07) is 5.84. The minimum atomic E-state index is -0.481. The third-order valence-electron chi connectivity index (χ3n) is 3.06. The summed E-state index contributed by atoms with van der Waals surface area (Å²) in [6.45, 7) is 6.81. The van der Waals surface area contributed by atoms with Gasteiger partial charge >= 0.3 is 0 Å². The van der Waals surface area contributed by atoms with Crippen molar-refractivity contribution in [1.29, 1.82) is 0 Å². The second kappa shape index (κ2) is 4.61. The second-order valence-electron chi connectivity index (χ2n) is 5.61. The van der Waals surface area contributed by atoms with Crippen LogP contribution in [0, 0.1) is 0 Å². The van der Waals surface area contributed by atoms with Crippen molar-refractivity contribution in [3.05, 3.63) is 23.8 Å². The lowest BCUT2D eigenvalue weighted by Gasteiger charge is -2.31. The zero-order valence-corrected chi connectivity index (χ0v) is 11.1. The molecule has 4 nitrogen and oxygen atoms in total. The number of hydrogen-bond donors (Lipinski definition) is 2. The molecule has 98 valence electrons. The van der Waals surface area contributed by atoms with Crippen LogP contribution in [0.15, 0.2) is 18.2 Å². The van der Waals surface area contributed by atoms with Gasteiger partial charge in [-0.25, -0.2) is 0 Å². The molecule has 1 amide bonds. The summed E-state index contributed by atoms with van der Waals surface area (Å²) in [5.41, 5.74) is 7.33. The summed E-state index contributed by atoms with van der Waals surface area (Å²) in [4.78, 5) is 11.8. The van der Waals surface area contributed by atoms with Crippen LogP contribution in [0.25, 0.3) is 0 Å². The number of benzene rings is 1. The van der Waals surface area contributed by atoms with Crippen molar-refractivity contribution < 1.29 is 9.53 Å². The van der Waals surface area contributed by atoms with Crippen molar-refractivity contribution >= 4 is 11.6 Å². The Morgan fingerprint density at radius 2 is 2.11 bits per heavy atom. The van der Waals surface area contributed by atoms with E-state index in [1.165, 1.54) is 0 Å². The van der Waals surface area contributed by atoms with E-state index in [0.29, 0.717) is 13.0 Å². The van der Waals surface area contributed by atoms with E-state index < -0.39 is 6.10 Å². The van der Waals surface area contributed by atoms with Crippen LogP contribution in [0.2, 0.25) is 0 Å². The first-order chi connectivity index (χ1) is 8.43. The third kappa shape index (κ3) is 2.34. The molecule has 1 aromatic rings. The Morgan fingerprint density at radius 1 is 1.39 bits per heavy atom. The van der Waals surface area contributed by atoms with Crippen LogP contribution in [-0.4, -0.2) is 18.6 Å². The summed E-state index contributed by atoms with van der Waals surface area (Å²) >= 11 is 0. The van der Waals surface area contributed by atoms with Gasteiger partial charge < -0.3 is 15.8 Å². The number of nitrogens with two attached hydrogens (primary N) is 1. The molecule has 0 aromatic heterocycles. The van der Waals surface area contributed by atoms with Crippen LogP contribution in [0.1, 0.15) is 32.8 Å². The average molecular weight is 248 g/mol. The number of carbonyl (C=O) groups excluding carboxylic acids is 1. The van der Waals surface area contributed by atoms with E-state index in [9.17, 15) is 4.79 Å². The van der Waals surface area contributed by atoms with E-state index in [1.54, 1.807) is 0 Å². The monoisotopic (exact) mass is 248 g/mol.